The van der Waals surface area contributed by atoms with Gasteiger partial charge < -0.3 is 5.11 Å². The molecule has 0 saturated carbocycles. The maximum absolute atomic E-state index is 13.1. The zero-order valence-corrected chi connectivity index (χ0v) is 15.8. The van der Waals surface area contributed by atoms with Crippen LogP contribution in [0.3, 0.4) is 0 Å². The molecule has 0 fully saturated rings. The topological polar surface area (TPSA) is 57.6 Å². The van der Waals surface area contributed by atoms with Gasteiger partial charge in [0.25, 0.3) is 11.8 Å². The summed E-state index contributed by atoms with van der Waals surface area (Å²) in [5.41, 5.74) is 2.67. The van der Waals surface area contributed by atoms with Crippen LogP contribution in [0.25, 0.3) is 5.57 Å². The minimum absolute atomic E-state index is 0.0747. The standard InChI is InChI=1S/C20H18ClNO3S/c1-2-13-3-9-16(10-4-13)22-19(24)17(14-5-7-15(21)8-6-14)18(20(22)25)26-12-11-23/h3-10,23H,2,11-12H2,1H3. The SMILES string of the molecule is CCc1ccc(N2C(=O)C(SCCO)=C(c3ccc(Cl)cc3)C2=O)cc1. The zero-order chi connectivity index (χ0) is 18.7. The average molecular weight is 388 g/mol. The monoisotopic (exact) mass is 387 g/mol. The van der Waals surface area contributed by atoms with Crippen molar-refractivity contribution in [3.8, 4) is 0 Å². The highest BCUT2D eigenvalue weighted by molar-refractivity contribution is 8.04. The molecule has 0 unspecified atom stereocenters. The summed E-state index contributed by atoms with van der Waals surface area (Å²) in [4.78, 5) is 27.6. The lowest BCUT2D eigenvalue weighted by Gasteiger charge is -2.15. The first-order valence-electron chi connectivity index (χ1n) is 8.28. The van der Waals surface area contributed by atoms with Crippen molar-refractivity contribution in [2.75, 3.05) is 17.3 Å². The van der Waals surface area contributed by atoms with Crippen LogP contribution >= 0.6 is 23.4 Å². The molecular formula is C20H18ClNO3S. The fraction of sp³-hybridized carbons (Fsp3) is 0.200. The van der Waals surface area contributed by atoms with Crippen molar-refractivity contribution < 1.29 is 14.7 Å². The molecule has 1 N–H and O–H groups in total. The molecule has 1 aliphatic rings. The number of aryl methyl sites for hydroxylation is 1. The summed E-state index contributed by atoms with van der Waals surface area (Å²) >= 11 is 7.13. The molecule has 0 aliphatic carbocycles. The van der Waals surface area contributed by atoms with E-state index in [0.717, 1.165) is 12.0 Å². The number of hydrogen-bond donors (Lipinski definition) is 1. The van der Waals surface area contributed by atoms with Gasteiger partial charge in [-0.1, -0.05) is 42.8 Å². The van der Waals surface area contributed by atoms with E-state index in [9.17, 15) is 9.59 Å². The van der Waals surface area contributed by atoms with Crippen LogP contribution in [0.2, 0.25) is 5.02 Å². The molecule has 0 radical (unpaired) electrons. The quantitative estimate of drug-likeness (QED) is 0.763. The van der Waals surface area contributed by atoms with Crippen molar-refractivity contribution in [3.63, 3.8) is 0 Å². The highest BCUT2D eigenvalue weighted by Gasteiger charge is 2.40. The molecule has 0 atom stereocenters. The molecule has 2 aromatic rings. The van der Waals surface area contributed by atoms with Gasteiger partial charge in [0.1, 0.15) is 0 Å². The van der Waals surface area contributed by atoms with Crippen molar-refractivity contribution in [1.82, 2.24) is 0 Å². The maximum atomic E-state index is 13.1. The van der Waals surface area contributed by atoms with Gasteiger partial charge in [-0.2, -0.15) is 0 Å². The Hall–Kier alpha value is -2.08. The van der Waals surface area contributed by atoms with E-state index in [1.807, 2.05) is 19.1 Å². The number of hydrogen-bond acceptors (Lipinski definition) is 4. The lowest BCUT2D eigenvalue weighted by Crippen LogP contribution is -2.31. The third-order valence-electron chi connectivity index (χ3n) is 4.11. The lowest BCUT2D eigenvalue weighted by atomic mass is 10.1. The number of aliphatic hydroxyl groups excluding tert-OH is 1. The summed E-state index contributed by atoms with van der Waals surface area (Å²) < 4.78 is 0. The minimum atomic E-state index is -0.359. The Morgan fingerprint density at radius 3 is 2.23 bits per heavy atom. The summed E-state index contributed by atoms with van der Waals surface area (Å²) in [7, 11) is 0. The Labute approximate surface area is 161 Å². The molecule has 0 aromatic heterocycles. The smallest absolute Gasteiger partial charge is 0.272 e. The first-order valence-corrected chi connectivity index (χ1v) is 9.64. The largest absolute Gasteiger partial charge is 0.396 e. The molecule has 0 bridgehead atoms. The number of rotatable bonds is 6. The summed E-state index contributed by atoms with van der Waals surface area (Å²) in [6, 6.07) is 14.2. The third kappa shape index (κ3) is 3.56. The van der Waals surface area contributed by atoms with E-state index < -0.39 is 0 Å². The average Bonchev–Trinajstić information content (AvgIpc) is 2.91. The van der Waals surface area contributed by atoms with Gasteiger partial charge >= 0.3 is 0 Å². The van der Waals surface area contributed by atoms with Gasteiger partial charge in [-0.05, 0) is 41.8 Å². The highest BCUT2D eigenvalue weighted by atomic mass is 35.5. The Balaban J connectivity index is 2.03. The molecule has 2 aromatic carbocycles. The second-order valence-electron chi connectivity index (χ2n) is 5.75. The summed E-state index contributed by atoms with van der Waals surface area (Å²) in [6.07, 6.45) is 0.883. The molecule has 4 nitrogen and oxygen atoms in total. The molecule has 1 heterocycles. The maximum Gasteiger partial charge on any atom is 0.272 e. The fourth-order valence-electron chi connectivity index (χ4n) is 2.78. The molecule has 134 valence electrons. The minimum Gasteiger partial charge on any atom is -0.396 e. The number of benzene rings is 2. The van der Waals surface area contributed by atoms with Crippen LogP contribution in [-0.4, -0.2) is 29.3 Å². The molecule has 1 aliphatic heterocycles. The first-order chi connectivity index (χ1) is 12.6. The second kappa shape index (κ2) is 8.08. The molecule has 0 spiro atoms. The summed E-state index contributed by atoms with van der Waals surface area (Å²) in [6.45, 7) is 1.97. The summed E-state index contributed by atoms with van der Waals surface area (Å²) in [5, 5.41) is 9.70. The van der Waals surface area contributed by atoms with E-state index in [-0.39, 0.29) is 18.4 Å². The normalized spacial score (nSPS) is 14.5. The fourth-order valence-corrected chi connectivity index (χ4v) is 3.76. The molecule has 2 amide bonds. The zero-order valence-electron chi connectivity index (χ0n) is 14.2. The van der Waals surface area contributed by atoms with Gasteiger partial charge in [0.2, 0.25) is 0 Å². The lowest BCUT2D eigenvalue weighted by molar-refractivity contribution is -0.119. The Morgan fingerprint density at radius 2 is 1.65 bits per heavy atom. The number of anilines is 1. The van der Waals surface area contributed by atoms with E-state index in [4.69, 9.17) is 16.7 Å². The van der Waals surface area contributed by atoms with Crippen LogP contribution in [0.15, 0.2) is 53.4 Å². The number of nitrogens with zero attached hydrogens (tertiary/aromatic N) is 1. The van der Waals surface area contributed by atoms with E-state index in [1.54, 1.807) is 36.4 Å². The van der Waals surface area contributed by atoms with Gasteiger partial charge in [0, 0.05) is 10.8 Å². The second-order valence-corrected chi connectivity index (χ2v) is 7.29. The molecule has 6 heteroatoms. The van der Waals surface area contributed by atoms with Crippen molar-refractivity contribution >= 4 is 46.4 Å². The van der Waals surface area contributed by atoms with Gasteiger partial charge in [0.05, 0.1) is 22.8 Å². The van der Waals surface area contributed by atoms with Crippen molar-refractivity contribution in [1.29, 1.82) is 0 Å². The van der Waals surface area contributed by atoms with Gasteiger partial charge in [-0.15, -0.1) is 11.8 Å². The van der Waals surface area contributed by atoms with Crippen molar-refractivity contribution in [2.45, 2.75) is 13.3 Å². The molecule has 26 heavy (non-hydrogen) atoms. The highest BCUT2D eigenvalue weighted by Crippen LogP contribution is 2.38. The predicted octanol–water partition coefficient (Wildman–Crippen LogP) is 3.91. The number of carbonyl (C=O) groups excluding carboxylic acids is 2. The van der Waals surface area contributed by atoms with Crippen LogP contribution in [0.4, 0.5) is 5.69 Å². The van der Waals surface area contributed by atoms with Gasteiger partial charge in [-0.25, -0.2) is 4.90 Å². The predicted molar refractivity (Wildman–Crippen MR) is 106 cm³/mol. The number of thioether (sulfide) groups is 1. The van der Waals surface area contributed by atoms with Crippen molar-refractivity contribution in [3.05, 3.63) is 69.6 Å². The van der Waals surface area contributed by atoms with Crippen LogP contribution in [-0.2, 0) is 16.0 Å². The molecule has 3 rings (SSSR count). The number of imide groups is 1. The number of amides is 2. The van der Waals surface area contributed by atoms with Crippen LogP contribution in [0.5, 0.6) is 0 Å². The van der Waals surface area contributed by atoms with Crippen LogP contribution in [0, 0.1) is 0 Å². The van der Waals surface area contributed by atoms with Crippen LogP contribution < -0.4 is 4.90 Å². The van der Waals surface area contributed by atoms with Crippen molar-refractivity contribution in [2.24, 2.45) is 0 Å². The number of aliphatic hydroxyl groups is 1. The van der Waals surface area contributed by atoms with E-state index in [1.165, 1.54) is 16.7 Å². The van der Waals surface area contributed by atoms with Gasteiger partial charge in [-0.3, -0.25) is 9.59 Å². The first kappa shape index (κ1) is 18.7. The summed E-state index contributed by atoms with van der Waals surface area (Å²) in [5.74, 6) is -0.377. The number of halogens is 1. The molecular weight excluding hydrogens is 370 g/mol. The Morgan fingerprint density at radius 1 is 1.00 bits per heavy atom. The van der Waals surface area contributed by atoms with E-state index in [2.05, 4.69) is 0 Å². The van der Waals surface area contributed by atoms with E-state index >= 15 is 0 Å². The number of carbonyl (C=O) groups is 2. The Kier molecular flexibility index (Phi) is 5.81. The van der Waals surface area contributed by atoms with Crippen LogP contribution in [0.1, 0.15) is 18.1 Å². The Bertz CT molecular complexity index is 860. The molecule has 0 saturated heterocycles. The third-order valence-corrected chi connectivity index (χ3v) is 5.42. The van der Waals surface area contributed by atoms with E-state index in [0.29, 0.717) is 32.5 Å². The van der Waals surface area contributed by atoms with Gasteiger partial charge in [0.15, 0.2) is 0 Å².